The van der Waals surface area contributed by atoms with Gasteiger partial charge in [0.05, 0.1) is 18.7 Å². The highest BCUT2D eigenvalue weighted by atomic mass is 32.2. The van der Waals surface area contributed by atoms with Crippen LogP contribution >= 0.6 is 0 Å². The fourth-order valence-corrected chi connectivity index (χ4v) is 7.59. The molecule has 1 saturated carbocycles. The minimum absolute atomic E-state index is 0.0824. The first-order chi connectivity index (χ1) is 14.9. The van der Waals surface area contributed by atoms with E-state index in [4.69, 9.17) is 4.74 Å². The summed E-state index contributed by atoms with van der Waals surface area (Å²) in [7, 11) is -3.67. The molecule has 3 aliphatic heterocycles. The van der Waals surface area contributed by atoms with Crippen LogP contribution in [0.15, 0.2) is 35.4 Å². The lowest BCUT2D eigenvalue weighted by Crippen LogP contribution is -2.67. The van der Waals surface area contributed by atoms with E-state index in [2.05, 4.69) is 9.88 Å². The predicted molar refractivity (Wildman–Crippen MR) is 115 cm³/mol. The molecule has 1 aliphatic carbocycles. The van der Waals surface area contributed by atoms with Crippen LogP contribution in [0.3, 0.4) is 0 Å². The fourth-order valence-electron chi connectivity index (χ4n) is 6.17. The minimum atomic E-state index is -3.67. The maximum Gasteiger partial charge on any atom is 0.244 e. The summed E-state index contributed by atoms with van der Waals surface area (Å²) in [6.07, 6.45) is 6.75. The normalized spacial score (nSPS) is 28.1. The van der Waals surface area contributed by atoms with Gasteiger partial charge in [0.25, 0.3) is 0 Å². The molecule has 1 atom stereocenters. The Kier molecular flexibility index (Phi) is 4.49. The molecule has 3 saturated heterocycles. The Labute approximate surface area is 182 Å². The van der Waals surface area contributed by atoms with Crippen molar-refractivity contribution in [3.8, 4) is 0 Å². The Morgan fingerprint density at radius 3 is 2.58 bits per heavy atom. The molecular formula is C23H28FN3O3S. The van der Waals surface area contributed by atoms with Crippen LogP contribution in [0.2, 0.25) is 0 Å². The average molecular weight is 446 g/mol. The van der Waals surface area contributed by atoms with Crippen LogP contribution in [0.25, 0.3) is 10.9 Å². The van der Waals surface area contributed by atoms with Gasteiger partial charge in [-0.1, -0.05) is 6.07 Å². The zero-order valence-electron chi connectivity index (χ0n) is 17.6. The van der Waals surface area contributed by atoms with Crippen molar-refractivity contribution in [3.05, 3.63) is 36.3 Å². The van der Waals surface area contributed by atoms with Gasteiger partial charge in [0.1, 0.15) is 10.7 Å². The summed E-state index contributed by atoms with van der Waals surface area (Å²) >= 11 is 0. The second-order valence-electron chi connectivity index (χ2n) is 10.2. The largest absolute Gasteiger partial charge is 0.380 e. The van der Waals surface area contributed by atoms with Crippen molar-refractivity contribution >= 4 is 20.9 Å². The number of fused-ring (bicyclic) bond motifs is 1. The fraction of sp³-hybridized carbons (Fsp3) is 0.609. The lowest BCUT2D eigenvalue weighted by molar-refractivity contribution is -0.198. The van der Waals surface area contributed by atoms with E-state index in [1.807, 2.05) is 0 Å². The van der Waals surface area contributed by atoms with Crippen LogP contribution in [0.4, 0.5) is 4.39 Å². The molecule has 1 aromatic carbocycles. The van der Waals surface area contributed by atoms with Gasteiger partial charge in [0.15, 0.2) is 0 Å². The predicted octanol–water partition coefficient (Wildman–Crippen LogP) is 3.03. The van der Waals surface area contributed by atoms with Gasteiger partial charge in [-0.15, -0.1) is 0 Å². The number of halogens is 1. The highest BCUT2D eigenvalue weighted by Gasteiger charge is 2.53. The molecule has 0 N–H and O–H groups in total. The second kappa shape index (κ2) is 6.94. The van der Waals surface area contributed by atoms with Crippen LogP contribution in [-0.2, 0) is 14.8 Å². The second-order valence-corrected chi connectivity index (χ2v) is 12.1. The molecule has 6 nitrogen and oxygen atoms in total. The molecule has 31 heavy (non-hydrogen) atoms. The number of aromatic nitrogens is 1. The number of sulfonamides is 1. The summed E-state index contributed by atoms with van der Waals surface area (Å²) in [5.41, 5.74) is 1.18. The van der Waals surface area contributed by atoms with Gasteiger partial charge >= 0.3 is 0 Å². The number of hydrogen-bond acceptors (Lipinski definition) is 5. The quantitative estimate of drug-likeness (QED) is 0.727. The van der Waals surface area contributed by atoms with Gasteiger partial charge in [-0.05, 0) is 55.7 Å². The summed E-state index contributed by atoms with van der Waals surface area (Å²) < 4.78 is 47.6. The van der Waals surface area contributed by atoms with Crippen molar-refractivity contribution in [2.45, 2.75) is 43.0 Å². The monoisotopic (exact) mass is 445 g/mol. The molecule has 4 aliphatic rings. The summed E-state index contributed by atoms with van der Waals surface area (Å²) in [5.74, 6) is -0.446. The van der Waals surface area contributed by atoms with E-state index in [1.54, 1.807) is 16.4 Å². The van der Waals surface area contributed by atoms with Gasteiger partial charge in [-0.25, -0.2) is 12.8 Å². The number of nitrogens with zero attached hydrogens (tertiary/aromatic N) is 3. The van der Waals surface area contributed by atoms with Crippen LogP contribution in [-0.4, -0.2) is 68.0 Å². The van der Waals surface area contributed by atoms with E-state index in [0.717, 1.165) is 26.1 Å². The first-order valence-electron chi connectivity index (χ1n) is 11.2. The van der Waals surface area contributed by atoms with Crippen molar-refractivity contribution in [1.82, 2.24) is 14.2 Å². The smallest absolute Gasteiger partial charge is 0.244 e. The van der Waals surface area contributed by atoms with E-state index < -0.39 is 15.8 Å². The third-order valence-corrected chi connectivity index (χ3v) is 10.0. The third kappa shape index (κ3) is 3.22. The maximum atomic E-state index is 14.1. The Morgan fingerprint density at radius 2 is 1.87 bits per heavy atom. The van der Waals surface area contributed by atoms with Crippen LogP contribution in [0, 0.1) is 16.6 Å². The van der Waals surface area contributed by atoms with Crippen LogP contribution in [0.1, 0.15) is 32.1 Å². The van der Waals surface area contributed by atoms with Crippen molar-refractivity contribution < 1.29 is 17.5 Å². The number of hydrogen-bond donors (Lipinski definition) is 0. The molecule has 166 valence electrons. The molecule has 0 amide bonds. The number of benzene rings is 1. The van der Waals surface area contributed by atoms with Crippen molar-refractivity contribution in [1.29, 1.82) is 0 Å². The van der Waals surface area contributed by atoms with E-state index in [0.29, 0.717) is 30.1 Å². The van der Waals surface area contributed by atoms with Gasteiger partial charge in [0.2, 0.25) is 10.0 Å². The summed E-state index contributed by atoms with van der Waals surface area (Å²) in [6.45, 7) is 5.23. The number of piperidine rings is 1. The summed E-state index contributed by atoms with van der Waals surface area (Å²) in [6, 6.07) is 6.67. The number of pyridine rings is 1. The molecular weight excluding hydrogens is 417 g/mol. The summed E-state index contributed by atoms with van der Waals surface area (Å²) in [4.78, 5) is 6.89. The molecule has 1 aromatic heterocycles. The molecule has 8 heteroatoms. The molecule has 0 bridgehead atoms. The van der Waals surface area contributed by atoms with Crippen molar-refractivity contribution in [2.75, 3.05) is 39.4 Å². The SMILES string of the molecule is O=S(=O)(c1cnc2cccc(F)c2c1)N1CCC2(CCC(N3CC4(COC4)C3)C2)CC1. The molecule has 1 unspecified atom stereocenters. The molecule has 2 aromatic rings. The minimum Gasteiger partial charge on any atom is -0.380 e. The zero-order valence-corrected chi connectivity index (χ0v) is 18.4. The molecule has 2 spiro atoms. The molecule has 6 rings (SSSR count). The highest BCUT2D eigenvalue weighted by Crippen LogP contribution is 2.51. The van der Waals surface area contributed by atoms with Crippen molar-refractivity contribution in [2.24, 2.45) is 10.8 Å². The lowest BCUT2D eigenvalue weighted by Gasteiger charge is -2.57. The van der Waals surface area contributed by atoms with Gasteiger partial charge < -0.3 is 4.74 Å². The van der Waals surface area contributed by atoms with E-state index in [1.165, 1.54) is 50.7 Å². The zero-order chi connectivity index (χ0) is 21.3. The van der Waals surface area contributed by atoms with E-state index in [9.17, 15) is 12.8 Å². The number of ether oxygens (including phenoxy) is 1. The first-order valence-corrected chi connectivity index (χ1v) is 12.7. The maximum absolute atomic E-state index is 14.1. The van der Waals surface area contributed by atoms with Gasteiger partial charge in [-0.3, -0.25) is 9.88 Å². The van der Waals surface area contributed by atoms with Crippen LogP contribution in [0.5, 0.6) is 0 Å². The molecule has 4 heterocycles. The lowest BCUT2D eigenvalue weighted by atomic mass is 9.75. The number of likely N-dealkylation sites (tertiary alicyclic amines) is 1. The van der Waals surface area contributed by atoms with Gasteiger partial charge in [0, 0.05) is 49.2 Å². The highest BCUT2D eigenvalue weighted by molar-refractivity contribution is 7.89. The molecule has 4 fully saturated rings. The Hall–Kier alpha value is -1.61. The van der Waals surface area contributed by atoms with Gasteiger partial charge in [-0.2, -0.15) is 4.31 Å². The number of rotatable bonds is 3. The average Bonchev–Trinajstić information content (AvgIpc) is 3.09. The molecule has 0 radical (unpaired) electrons. The van der Waals surface area contributed by atoms with E-state index >= 15 is 0 Å². The standard InChI is InChI=1S/C23H28FN3O3S/c24-20-2-1-3-21-19(20)10-18(12-25-21)31(28,29)27-8-6-22(7-9-27)5-4-17(11-22)26-13-23(14-26)15-30-16-23/h1-3,10,12,17H,4-9,11,13-16H2. The Bertz CT molecular complexity index is 1120. The Morgan fingerprint density at radius 1 is 1.10 bits per heavy atom. The Balaban J connectivity index is 1.13. The van der Waals surface area contributed by atoms with E-state index in [-0.39, 0.29) is 15.7 Å². The first kappa shape index (κ1) is 20.0. The topological polar surface area (TPSA) is 62.7 Å². The van der Waals surface area contributed by atoms with Crippen molar-refractivity contribution in [3.63, 3.8) is 0 Å². The summed E-state index contributed by atoms with van der Waals surface area (Å²) in [5, 5.41) is 0.250. The van der Waals surface area contributed by atoms with Crippen LogP contribution < -0.4 is 0 Å². The third-order valence-electron chi connectivity index (χ3n) is 8.15.